The third-order valence-corrected chi connectivity index (χ3v) is 5.22. The molecule has 0 aliphatic carbocycles. The number of halogens is 2. The van der Waals surface area contributed by atoms with Crippen molar-refractivity contribution in [3.05, 3.63) is 62.9 Å². The number of carbonyl (C=O) groups is 1. The summed E-state index contributed by atoms with van der Waals surface area (Å²) in [6.07, 6.45) is 0.531. The van der Waals surface area contributed by atoms with Crippen LogP contribution in [0.15, 0.2) is 52.4 Å². The van der Waals surface area contributed by atoms with Gasteiger partial charge in [-0.2, -0.15) is 0 Å². The van der Waals surface area contributed by atoms with E-state index in [0.29, 0.717) is 44.0 Å². The van der Waals surface area contributed by atoms with Crippen molar-refractivity contribution < 1.29 is 9.90 Å². The number of aromatic nitrogens is 2. The van der Waals surface area contributed by atoms with E-state index in [0.717, 1.165) is 0 Å². The number of carboxylic acids is 1. The van der Waals surface area contributed by atoms with Gasteiger partial charge in [0.1, 0.15) is 0 Å². The Kier molecular flexibility index (Phi) is 5.86. The largest absolute Gasteiger partial charge is 0.481 e. The molecule has 0 saturated heterocycles. The molecule has 8 heteroatoms. The molecule has 1 aromatic heterocycles. The molecular formula is C18H14Cl2N2O3S. The molecule has 0 aliphatic heterocycles. The Hall–Kier alpha value is -2.02. The van der Waals surface area contributed by atoms with Crippen LogP contribution < -0.4 is 5.56 Å². The first-order valence-electron chi connectivity index (χ1n) is 7.79. The molecular weight excluding hydrogens is 395 g/mol. The number of nitrogens with zero attached hydrogens (tertiary/aromatic N) is 2. The molecule has 26 heavy (non-hydrogen) atoms. The Morgan fingerprint density at radius 1 is 1.19 bits per heavy atom. The Bertz CT molecular complexity index is 1040. The molecule has 3 rings (SSSR count). The lowest BCUT2D eigenvalue weighted by Crippen LogP contribution is -2.22. The molecule has 2 aromatic carbocycles. The SMILES string of the molecule is O=C(O)CCCSc1nc2ccccc2c(=O)n1-c1ccc(Cl)cc1Cl. The lowest BCUT2D eigenvalue weighted by atomic mass is 10.2. The second kappa shape index (κ2) is 8.12. The first-order valence-corrected chi connectivity index (χ1v) is 9.53. The molecule has 5 nitrogen and oxygen atoms in total. The molecule has 0 aliphatic rings. The molecule has 1 heterocycles. The molecule has 0 amide bonds. The van der Waals surface area contributed by atoms with Crippen molar-refractivity contribution in [2.45, 2.75) is 18.0 Å². The lowest BCUT2D eigenvalue weighted by Gasteiger charge is -2.14. The Morgan fingerprint density at radius 3 is 2.69 bits per heavy atom. The van der Waals surface area contributed by atoms with Crippen LogP contribution in [0.4, 0.5) is 0 Å². The summed E-state index contributed by atoms with van der Waals surface area (Å²) in [6, 6.07) is 12.0. The van der Waals surface area contributed by atoms with Gasteiger partial charge in [-0.05, 0) is 36.8 Å². The summed E-state index contributed by atoms with van der Waals surface area (Å²) >= 11 is 13.6. The van der Waals surface area contributed by atoms with Crippen LogP contribution in [0.25, 0.3) is 16.6 Å². The van der Waals surface area contributed by atoms with Gasteiger partial charge in [-0.1, -0.05) is 47.1 Å². The molecule has 0 atom stereocenters. The summed E-state index contributed by atoms with van der Waals surface area (Å²) in [6.45, 7) is 0. The van der Waals surface area contributed by atoms with Gasteiger partial charge in [0.25, 0.3) is 5.56 Å². The van der Waals surface area contributed by atoms with Gasteiger partial charge < -0.3 is 5.11 Å². The monoisotopic (exact) mass is 408 g/mol. The van der Waals surface area contributed by atoms with Crippen molar-refractivity contribution >= 4 is 51.8 Å². The van der Waals surface area contributed by atoms with Crippen LogP contribution in [0.2, 0.25) is 10.0 Å². The van der Waals surface area contributed by atoms with E-state index in [1.165, 1.54) is 16.3 Å². The zero-order valence-electron chi connectivity index (χ0n) is 13.5. The van der Waals surface area contributed by atoms with Gasteiger partial charge in [0.05, 0.1) is 21.6 Å². The number of thioether (sulfide) groups is 1. The van der Waals surface area contributed by atoms with Crippen LogP contribution >= 0.6 is 35.0 Å². The molecule has 0 fully saturated rings. The van der Waals surface area contributed by atoms with E-state index in [1.807, 2.05) is 6.07 Å². The molecule has 0 bridgehead atoms. The van der Waals surface area contributed by atoms with E-state index in [1.54, 1.807) is 36.4 Å². The summed E-state index contributed by atoms with van der Waals surface area (Å²) in [5.41, 5.74) is 0.834. The number of benzene rings is 2. The van der Waals surface area contributed by atoms with E-state index in [4.69, 9.17) is 28.3 Å². The third kappa shape index (κ3) is 4.03. The minimum Gasteiger partial charge on any atom is -0.481 e. The minimum atomic E-state index is -0.852. The molecule has 1 N–H and O–H groups in total. The smallest absolute Gasteiger partial charge is 0.303 e. The quantitative estimate of drug-likeness (QED) is 0.365. The van der Waals surface area contributed by atoms with Gasteiger partial charge in [-0.25, -0.2) is 4.98 Å². The first-order chi connectivity index (χ1) is 12.5. The summed E-state index contributed by atoms with van der Waals surface area (Å²) < 4.78 is 1.45. The van der Waals surface area contributed by atoms with Gasteiger partial charge in [0.15, 0.2) is 5.16 Å². The van der Waals surface area contributed by atoms with Gasteiger partial charge in [0, 0.05) is 17.2 Å². The zero-order valence-corrected chi connectivity index (χ0v) is 15.8. The van der Waals surface area contributed by atoms with Crippen LogP contribution in [0, 0.1) is 0 Å². The van der Waals surface area contributed by atoms with E-state index in [-0.39, 0.29) is 12.0 Å². The van der Waals surface area contributed by atoms with E-state index < -0.39 is 5.97 Å². The standard InChI is InChI=1S/C18H14Cl2N2O3S/c19-11-7-8-15(13(20)10-11)22-17(25)12-4-1-2-5-14(12)21-18(22)26-9-3-6-16(23)24/h1-2,4-5,7-8,10H,3,6,9H2,(H,23,24). The molecule has 3 aromatic rings. The number of para-hydroxylation sites is 1. The minimum absolute atomic E-state index is 0.0620. The normalized spacial score (nSPS) is 11.0. The van der Waals surface area contributed by atoms with E-state index >= 15 is 0 Å². The van der Waals surface area contributed by atoms with E-state index in [9.17, 15) is 9.59 Å². The molecule has 0 spiro atoms. The van der Waals surface area contributed by atoms with Crippen LogP contribution in [0.5, 0.6) is 0 Å². The number of aliphatic carboxylic acids is 1. The second-order valence-electron chi connectivity index (χ2n) is 5.49. The van der Waals surface area contributed by atoms with Crippen LogP contribution in [-0.4, -0.2) is 26.4 Å². The van der Waals surface area contributed by atoms with Gasteiger partial charge >= 0.3 is 5.97 Å². The number of hydrogen-bond acceptors (Lipinski definition) is 4. The highest BCUT2D eigenvalue weighted by molar-refractivity contribution is 7.99. The van der Waals surface area contributed by atoms with Crippen LogP contribution in [0.3, 0.4) is 0 Å². The second-order valence-corrected chi connectivity index (χ2v) is 7.40. The lowest BCUT2D eigenvalue weighted by molar-refractivity contribution is -0.137. The number of rotatable bonds is 6. The maximum Gasteiger partial charge on any atom is 0.303 e. The number of carboxylic acid groups (broad SMARTS) is 1. The average molecular weight is 409 g/mol. The number of hydrogen-bond donors (Lipinski definition) is 1. The van der Waals surface area contributed by atoms with Crippen LogP contribution in [-0.2, 0) is 4.79 Å². The summed E-state index contributed by atoms with van der Waals surface area (Å²) in [4.78, 5) is 28.3. The molecule has 0 unspecified atom stereocenters. The zero-order chi connectivity index (χ0) is 18.7. The highest BCUT2D eigenvalue weighted by atomic mass is 35.5. The fourth-order valence-electron chi connectivity index (χ4n) is 2.47. The third-order valence-electron chi connectivity index (χ3n) is 3.66. The topological polar surface area (TPSA) is 72.2 Å². The highest BCUT2D eigenvalue weighted by Gasteiger charge is 2.15. The Labute approximate surface area is 163 Å². The van der Waals surface area contributed by atoms with Crippen molar-refractivity contribution in [1.82, 2.24) is 9.55 Å². The fraction of sp³-hybridized carbons (Fsp3) is 0.167. The van der Waals surface area contributed by atoms with Gasteiger partial charge in [-0.3, -0.25) is 14.2 Å². The summed E-state index contributed by atoms with van der Waals surface area (Å²) in [5.74, 6) is -0.336. The Balaban J connectivity index is 2.11. The van der Waals surface area contributed by atoms with Gasteiger partial charge in [-0.15, -0.1) is 0 Å². The predicted octanol–water partition coefficient (Wildman–Crippen LogP) is 4.65. The highest BCUT2D eigenvalue weighted by Crippen LogP contribution is 2.28. The van der Waals surface area contributed by atoms with Crippen molar-refractivity contribution in [2.24, 2.45) is 0 Å². The molecule has 0 radical (unpaired) electrons. The summed E-state index contributed by atoms with van der Waals surface area (Å²) in [5, 5.41) is 10.5. The van der Waals surface area contributed by atoms with E-state index in [2.05, 4.69) is 4.98 Å². The number of fused-ring (bicyclic) bond motifs is 1. The maximum atomic E-state index is 13.1. The Morgan fingerprint density at radius 2 is 1.96 bits per heavy atom. The first kappa shape index (κ1) is 18.8. The van der Waals surface area contributed by atoms with Crippen molar-refractivity contribution in [3.8, 4) is 5.69 Å². The summed E-state index contributed by atoms with van der Waals surface area (Å²) in [7, 11) is 0. The van der Waals surface area contributed by atoms with Crippen molar-refractivity contribution in [3.63, 3.8) is 0 Å². The van der Waals surface area contributed by atoms with Crippen molar-refractivity contribution in [1.29, 1.82) is 0 Å². The molecule has 134 valence electrons. The van der Waals surface area contributed by atoms with Gasteiger partial charge in [0.2, 0.25) is 0 Å². The average Bonchev–Trinajstić information content (AvgIpc) is 2.60. The van der Waals surface area contributed by atoms with Crippen LogP contribution in [0.1, 0.15) is 12.8 Å². The van der Waals surface area contributed by atoms with Crippen molar-refractivity contribution in [2.75, 3.05) is 5.75 Å². The predicted molar refractivity (Wildman–Crippen MR) is 105 cm³/mol. The fourth-order valence-corrected chi connectivity index (χ4v) is 3.91. The molecule has 0 saturated carbocycles. The maximum absolute atomic E-state index is 13.1.